The number of hydrogen-bond acceptors (Lipinski definition) is 5. The molecule has 3 N–H and O–H groups in total. The zero-order valence-corrected chi connectivity index (χ0v) is 10.6. The lowest BCUT2D eigenvalue weighted by atomic mass is 10.2. The van der Waals surface area contributed by atoms with E-state index >= 15 is 0 Å². The fourth-order valence-electron chi connectivity index (χ4n) is 2.03. The molecule has 1 aliphatic heterocycles. The van der Waals surface area contributed by atoms with Crippen LogP contribution in [0.4, 0.5) is 5.69 Å². The summed E-state index contributed by atoms with van der Waals surface area (Å²) in [6.45, 7) is 6.58. The summed E-state index contributed by atoms with van der Waals surface area (Å²) in [5.74, 6) is 5.25. The Hall–Kier alpha value is -1.66. The molecule has 6 heteroatoms. The van der Waals surface area contributed by atoms with E-state index in [9.17, 15) is 4.79 Å². The maximum Gasteiger partial charge on any atom is 0.272 e. The van der Waals surface area contributed by atoms with Gasteiger partial charge in [-0.1, -0.05) is 6.92 Å². The van der Waals surface area contributed by atoms with Gasteiger partial charge in [0.25, 0.3) is 5.91 Å². The Morgan fingerprint density at radius 2 is 2.11 bits per heavy atom. The largest absolute Gasteiger partial charge is 0.335 e. The van der Waals surface area contributed by atoms with Gasteiger partial charge in [-0.25, -0.2) is 4.98 Å². The summed E-state index contributed by atoms with van der Waals surface area (Å²) in [7, 11) is 0. The minimum atomic E-state index is -0.00526. The highest BCUT2D eigenvalue weighted by atomic mass is 16.2. The summed E-state index contributed by atoms with van der Waals surface area (Å²) < 4.78 is 0. The summed E-state index contributed by atoms with van der Waals surface area (Å²) in [6, 6.07) is 3.45. The summed E-state index contributed by atoms with van der Waals surface area (Å²) in [6.07, 6.45) is 1.57. The van der Waals surface area contributed by atoms with Crippen molar-refractivity contribution < 1.29 is 4.79 Å². The van der Waals surface area contributed by atoms with Crippen LogP contribution in [0.2, 0.25) is 0 Å². The molecule has 0 spiro atoms. The predicted molar refractivity (Wildman–Crippen MR) is 70.1 cm³/mol. The van der Waals surface area contributed by atoms with Crippen molar-refractivity contribution in [2.24, 2.45) is 5.84 Å². The number of amides is 1. The zero-order valence-electron chi connectivity index (χ0n) is 10.6. The van der Waals surface area contributed by atoms with E-state index in [-0.39, 0.29) is 5.91 Å². The molecule has 2 heterocycles. The van der Waals surface area contributed by atoms with Gasteiger partial charge in [0.2, 0.25) is 0 Å². The van der Waals surface area contributed by atoms with Crippen LogP contribution in [-0.2, 0) is 0 Å². The Bertz CT molecular complexity index is 397. The number of likely N-dealkylation sites (N-methyl/N-ethyl adjacent to an activating group) is 1. The van der Waals surface area contributed by atoms with E-state index in [4.69, 9.17) is 5.84 Å². The van der Waals surface area contributed by atoms with Crippen LogP contribution in [0, 0.1) is 0 Å². The summed E-state index contributed by atoms with van der Waals surface area (Å²) in [5.41, 5.74) is 3.66. The molecule has 18 heavy (non-hydrogen) atoms. The number of nitrogens with zero attached hydrogens (tertiary/aromatic N) is 3. The number of piperazine rings is 1. The van der Waals surface area contributed by atoms with Crippen molar-refractivity contribution in [3.05, 3.63) is 24.0 Å². The van der Waals surface area contributed by atoms with E-state index in [1.165, 1.54) is 0 Å². The third kappa shape index (κ3) is 2.77. The van der Waals surface area contributed by atoms with Crippen LogP contribution in [0.15, 0.2) is 18.3 Å². The highest BCUT2D eigenvalue weighted by Crippen LogP contribution is 2.09. The molecule has 0 saturated carbocycles. The number of pyridine rings is 1. The molecule has 6 nitrogen and oxygen atoms in total. The molecule has 1 aromatic rings. The Morgan fingerprint density at radius 3 is 2.61 bits per heavy atom. The number of hydrazine groups is 1. The van der Waals surface area contributed by atoms with Crippen LogP contribution in [0.3, 0.4) is 0 Å². The molecule has 1 saturated heterocycles. The maximum absolute atomic E-state index is 12.2. The molecular formula is C12H19N5O. The first-order valence-electron chi connectivity index (χ1n) is 6.19. The predicted octanol–water partition coefficient (Wildman–Crippen LogP) is 0.145. The smallest absolute Gasteiger partial charge is 0.272 e. The molecular weight excluding hydrogens is 230 g/mol. The van der Waals surface area contributed by atoms with Crippen LogP contribution in [0.1, 0.15) is 17.4 Å². The number of anilines is 1. The zero-order chi connectivity index (χ0) is 13.0. The second kappa shape index (κ2) is 5.79. The van der Waals surface area contributed by atoms with Crippen LogP contribution in [0.5, 0.6) is 0 Å². The molecule has 1 aliphatic rings. The highest BCUT2D eigenvalue weighted by molar-refractivity contribution is 5.92. The van der Waals surface area contributed by atoms with Gasteiger partial charge >= 0.3 is 0 Å². The van der Waals surface area contributed by atoms with Crippen molar-refractivity contribution in [3.63, 3.8) is 0 Å². The van der Waals surface area contributed by atoms with Crippen molar-refractivity contribution in [1.82, 2.24) is 14.8 Å². The monoisotopic (exact) mass is 249 g/mol. The minimum Gasteiger partial charge on any atom is -0.335 e. The van der Waals surface area contributed by atoms with Crippen molar-refractivity contribution >= 4 is 11.6 Å². The fraction of sp³-hybridized carbons (Fsp3) is 0.500. The van der Waals surface area contributed by atoms with E-state index in [0.717, 1.165) is 32.7 Å². The van der Waals surface area contributed by atoms with Crippen LogP contribution >= 0.6 is 0 Å². The number of carbonyl (C=O) groups excluding carboxylic acids is 1. The van der Waals surface area contributed by atoms with Crippen LogP contribution < -0.4 is 11.3 Å². The van der Waals surface area contributed by atoms with Gasteiger partial charge in [-0.2, -0.15) is 0 Å². The number of aromatic nitrogens is 1. The van der Waals surface area contributed by atoms with Gasteiger partial charge in [0.15, 0.2) is 0 Å². The first kappa shape index (κ1) is 12.8. The molecule has 0 unspecified atom stereocenters. The van der Waals surface area contributed by atoms with E-state index in [2.05, 4.69) is 22.2 Å². The normalized spacial score (nSPS) is 16.7. The average Bonchev–Trinajstić information content (AvgIpc) is 2.47. The fourth-order valence-corrected chi connectivity index (χ4v) is 2.03. The molecule has 0 aromatic carbocycles. The third-order valence-corrected chi connectivity index (χ3v) is 3.26. The SMILES string of the molecule is CCN1CCN(C(=O)c2ccc(NN)cn2)CC1. The standard InChI is InChI=1S/C12H19N5O/c1-2-16-5-7-17(8-6-16)12(18)11-4-3-10(15-13)9-14-11/h3-4,9,15H,2,5-8,13H2,1H3. The van der Waals surface area contributed by atoms with Crippen LogP contribution in [0.25, 0.3) is 0 Å². The van der Waals surface area contributed by atoms with Gasteiger partial charge in [0, 0.05) is 26.2 Å². The summed E-state index contributed by atoms with van der Waals surface area (Å²) in [4.78, 5) is 20.5. The topological polar surface area (TPSA) is 74.5 Å². The van der Waals surface area contributed by atoms with E-state index < -0.39 is 0 Å². The average molecular weight is 249 g/mol. The van der Waals surface area contributed by atoms with E-state index in [1.807, 2.05) is 4.90 Å². The number of carbonyl (C=O) groups is 1. The third-order valence-electron chi connectivity index (χ3n) is 3.26. The quantitative estimate of drug-likeness (QED) is 0.589. The first-order chi connectivity index (χ1) is 8.74. The van der Waals surface area contributed by atoms with Gasteiger partial charge < -0.3 is 15.2 Å². The number of nitrogen functional groups attached to an aromatic ring is 1. The molecule has 98 valence electrons. The molecule has 1 fully saturated rings. The van der Waals surface area contributed by atoms with Crippen molar-refractivity contribution in [3.8, 4) is 0 Å². The van der Waals surface area contributed by atoms with Crippen molar-refractivity contribution in [2.75, 3.05) is 38.1 Å². The Balaban J connectivity index is 1.98. The number of hydrogen-bond donors (Lipinski definition) is 2. The lowest BCUT2D eigenvalue weighted by molar-refractivity contribution is 0.0637. The maximum atomic E-state index is 12.2. The molecule has 1 aromatic heterocycles. The number of nitrogens with two attached hydrogens (primary N) is 1. The second-order valence-electron chi connectivity index (χ2n) is 4.30. The Labute approximate surface area is 107 Å². The molecule has 2 rings (SSSR count). The van der Waals surface area contributed by atoms with E-state index in [1.54, 1.807) is 18.3 Å². The second-order valence-corrected chi connectivity index (χ2v) is 4.30. The number of nitrogens with one attached hydrogen (secondary N) is 1. The molecule has 0 radical (unpaired) electrons. The summed E-state index contributed by atoms with van der Waals surface area (Å²) in [5, 5.41) is 0. The molecule has 1 amide bonds. The minimum absolute atomic E-state index is 0.00526. The highest BCUT2D eigenvalue weighted by Gasteiger charge is 2.21. The van der Waals surface area contributed by atoms with Gasteiger partial charge in [0.1, 0.15) is 5.69 Å². The summed E-state index contributed by atoms with van der Waals surface area (Å²) >= 11 is 0. The molecule has 0 bridgehead atoms. The Morgan fingerprint density at radius 1 is 1.39 bits per heavy atom. The van der Waals surface area contributed by atoms with Gasteiger partial charge in [-0.15, -0.1) is 0 Å². The van der Waals surface area contributed by atoms with E-state index in [0.29, 0.717) is 11.4 Å². The lowest BCUT2D eigenvalue weighted by Gasteiger charge is -2.33. The lowest BCUT2D eigenvalue weighted by Crippen LogP contribution is -2.48. The number of rotatable bonds is 3. The van der Waals surface area contributed by atoms with Gasteiger partial charge in [0.05, 0.1) is 11.9 Å². The molecule has 0 atom stereocenters. The Kier molecular flexibility index (Phi) is 4.11. The van der Waals surface area contributed by atoms with Gasteiger partial charge in [-0.05, 0) is 18.7 Å². The molecule has 0 aliphatic carbocycles. The first-order valence-corrected chi connectivity index (χ1v) is 6.19. The van der Waals surface area contributed by atoms with Crippen LogP contribution in [-0.4, -0.2) is 53.4 Å². The van der Waals surface area contributed by atoms with Gasteiger partial charge in [-0.3, -0.25) is 10.6 Å². The van der Waals surface area contributed by atoms with Crippen molar-refractivity contribution in [1.29, 1.82) is 0 Å². The van der Waals surface area contributed by atoms with Crippen molar-refractivity contribution in [2.45, 2.75) is 6.92 Å².